The number of carboxylic acids is 2. The lowest BCUT2D eigenvalue weighted by Gasteiger charge is -2.25. The Balaban J connectivity index is 2.71. The molecular weight excluding hydrogens is 352 g/mol. The van der Waals surface area contributed by atoms with E-state index in [1.54, 1.807) is 0 Å². The zero-order chi connectivity index (χ0) is 15.3. The highest BCUT2D eigenvalue weighted by atomic mass is 79.9. The highest BCUT2D eigenvalue weighted by Crippen LogP contribution is 2.21. The maximum Gasteiger partial charge on any atom is 0.323 e. The molecule has 0 saturated heterocycles. The third-order valence-electron chi connectivity index (χ3n) is 2.29. The minimum Gasteiger partial charge on any atom is -0.480 e. The molecule has 7 nitrogen and oxygen atoms in total. The lowest BCUT2D eigenvalue weighted by atomic mass is 10.3. The van der Waals surface area contributed by atoms with Crippen molar-refractivity contribution < 1.29 is 24.6 Å². The summed E-state index contributed by atoms with van der Waals surface area (Å²) in [6.45, 7) is -1.03. The summed E-state index contributed by atoms with van der Waals surface area (Å²) in [7, 11) is 1.49. The van der Waals surface area contributed by atoms with Crippen LogP contribution in [0.2, 0.25) is 0 Å². The minimum absolute atomic E-state index is 0.274. The van der Waals surface area contributed by atoms with Crippen LogP contribution in [-0.2, 0) is 16.1 Å². The van der Waals surface area contributed by atoms with Gasteiger partial charge in [-0.2, -0.15) is 0 Å². The van der Waals surface area contributed by atoms with E-state index < -0.39 is 31.1 Å². The Morgan fingerprint density at radius 1 is 1.25 bits per heavy atom. The SMILES string of the molecule is CN(Cc1csc(Br)c1)C(=O)N(CC(=O)O)CC(=O)O. The molecule has 20 heavy (non-hydrogen) atoms. The van der Waals surface area contributed by atoms with Crippen molar-refractivity contribution in [2.24, 2.45) is 0 Å². The first kappa shape index (κ1) is 16.4. The average molecular weight is 365 g/mol. The zero-order valence-electron chi connectivity index (χ0n) is 10.6. The molecule has 0 atom stereocenters. The number of carbonyl (C=O) groups is 3. The van der Waals surface area contributed by atoms with Crippen molar-refractivity contribution in [3.05, 3.63) is 20.8 Å². The van der Waals surface area contributed by atoms with E-state index in [1.165, 1.54) is 23.3 Å². The Hall–Kier alpha value is -1.61. The Bertz CT molecular complexity index is 503. The molecule has 1 aromatic heterocycles. The molecular formula is C11H13BrN2O5S. The van der Waals surface area contributed by atoms with Crippen molar-refractivity contribution in [3.8, 4) is 0 Å². The monoisotopic (exact) mass is 364 g/mol. The summed E-state index contributed by atoms with van der Waals surface area (Å²) in [4.78, 5) is 35.4. The van der Waals surface area contributed by atoms with Gasteiger partial charge in [-0.25, -0.2) is 4.79 Å². The van der Waals surface area contributed by atoms with E-state index in [-0.39, 0.29) is 6.54 Å². The summed E-state index contributed by atoms with van der Waals surface area (Å²) in [6.07, 6.45) is 0. The van der Waals surface area contributed by atoms with Gasteiger partial charge in [0.2, 0.25) is 0 Å². The molecule has 0 aliphatic rings. The van der Waals surface area contributed by atoms with Crippen LogP contribution in [0.3, 0.4) is 0 Å². The van der Waals surface area contributed by atoms with Gasteiger partial charge >= 0.3 is 18.0 Å². The predicted molar refractivity (Wildman–Crippen MR) is 75.7 cm³/mol. The molecule has 0 unspecified atom stereocenters. The number of carboxylic acid groups (broad SMARTS) is 2. The molecule has 0 aliphatic heterocycles. The first-order chi connectivity index (χ1) is 9.29. The van der Waals surface area contributed by atoms with Crippen molar-refractivity contribution in [3.63, 3.8) is 0 Å². The number of aliphatic carboxylic acids is 2. The van der Waals surface area contributed by atoms with Gasteiger partial charge in [0, 0.05) is 13.6 Å². The highest BCUT2D eigenvalue weighted by molar-refractivity contribution is 9.11. The molecule has 0 bridgehead atoms. The van der Waals surface area contributed by atoms with Gasteiger partial charge in [0.25, 0.3) is 0 Å². The minimum atomic E-state index is -1.26. The van der Waals surface area contributed by atoms with E-state index in [2.05, 4.69) is 15.9 Å². The topological polar surface area (TPSA) is 98.2 Å². The van der Waals surface area contributed by atoms with Gasteiger partial charge in [0.1, 0.15) is 13.1 Å². The number of rotatable bonds is 6. The fourth-order valence-electron chi connectivity index (χ4n) is 1.53. The Morgan fingerprint density at radius 3 is 2.20 bits per heavy atom. The Morgan fingerprint density at radius 2 is 1.80 bits per heavy atom. The normalized spacial score (nSPS) is 10.1. The maximum atomic E-state index is 12.0. The molecule has 9 heteroatoms. The number of halogens is 1. The van der Waals surface area contributed by atoms with E-state index in [0.717, 1.165) is 14.2 Å². The number of hydrogen-bond donors (Lipinski definition) is 2. The second-order valence-corrected chi connectivity index (χ2v) is 6.33. The summed E-state index contributed by atoms with van der Waals surface area (Å²) in [5.41, 5.74) is 0.878. The molecule has 0 aromatic carbocycles. The zero-order valence-corrected chi connectivity index (χ0v) is 13.0. The number of urea groups is 1. The Labute approximate surface area is 127 Å². The highest BCUT2D eigenvalue weighted by Gasteiger charge is 2.23. The molecule has 2 N–H and O–H groups in total. The van der Waals surface area contributed by atoms with Crippen molar-refractivity contribution in [1.29, 1.82) is 0 Å². The molecule has 1 heterocycles. The van der Waals surface area contributed by atoms with Gasteiger partial charge < -0.3 is 20.0 Å². The largest absolute Gasteiger partial charge is 0.480 e. The molecule has 0 saturated carbocycles. The van der Waals surface area contributed by atoms with Gasteiger partial charge in [-0.15, -0.1) is 11.3 Å². The van der Waals surface area contributed by atoms with Crippen LogP contribution in [0.25, 0.3) is 0 Å². The van der Waals surface area contributed by atoms with Crippen molar-refractivity contribution in [2.75, 3.05) is 20.1 Å². The summed E-state index contributed by atoms with van der Waals surface area (Å²) in [5, 5.41) is 19.3. The molecule has 0 spiro atoms. The summed E-state index contributed by atoms with van der Waals surface area (Å²) >= 11 is 4.77. The van der Waals surface area contributed by atoms with Crippen LogP contribution in [0.5, 0.6) is 0 Å². The molecule has 110 valence electrons. The van der Waals surface area contributed by atoms with E-state index in [4.69, 9.17) is 10.2 Å². The van der Waals surface area contributed by atoms with Gasteiger partial charge in [-0.05, 0) is 32.9 Å². The first-order valence-electron chi connectivity index (χ1n) is 5.46. The van der Waals surface area contributed by atoms with Gasteiger partial charge in [0.05, 0.1) is 3.79 Å². The van der Waals surface area contributed by atoms with Crippen LogP contribution in [-0.4, -0.2) is 58.1 Å². The summed E-state index contributed by atoms with van der Waals surface area (Å²) < 4.78 is 0.918. The number of nitrogens with zero attached hydrogens (tertiary/aromatic N) is 2. The number of thiophene rings is 1. The fraction of sp³-hybridized carbons (Fsp3) is 0.364. The van der Waals surface area contributed by atoms with E-state index in [9.17, 15) is 14.4 Å². The molecule has 0 radical (unpaired) electrons. The molecule has 2 amide bonds. The smallest absolute Gasteiger partial charge is 0.323 e. The summed E-state index contributed by atoms with van der Waals surface area (Å²) in [5.74, 6) is -2.52. The van der Waals surface area contributed by atoms with E-state index in [1.807, 2.05) is 11.4 Å². The van der Waals surface area contributed by atoms with Crippen LogP contribution in [0.15, 0.2) is 15.2 Å². The summed E-state index contributed by atoms with van der Waals surface area (Å²) in [6, 6.07) is 1.20. The van der Waals surface area contributed by atoms with E-state index in [0.29, 0.717) is 0 Å². The second kappa shape index (κ2) is 7.25. The molecule has 0 aliphatic carbocycles. The predicted octanol–water partition coefficient (Wildman–Crippen LogP) is 1.53. The maximum absolute atomic E-state index is 12.0. The van der Waals surface area contributed by atoms with Crippen LogP contribution >= 0.6 is 27.3 Å². The molecule has 1 rings (SSSR count). The third kappa shape index (κ3) is 5.17. The molecule has 0 fully saturated rings. The lowest BCUT2D eigenvalue weighted by molar-refractivity contribution is -0.140. The lowest BCUT2D eigenvalue weighted by Crippen LogP contribution is -2.45. The van der Waals surface area contributed by atoms with Crippen LogP contribution < -0.4 is 0 Å². The van der Waals surface area contributed by atoms with Crippen LogP contribution in [0, 0.1) is 0 Å². The van der Waals surface area contributed by atoms with Crippen LogP contribution in [0.1, 0.15) is 5.56 Å². The first-order valence-corrected chi connectivity index (χ1v) is 7.13. The Kier molecular flexibility index (Phi) is 5.96. The fourth-order valence-corrected chi connectivity index (χ4v) is 2.73. The quantitative estimate of drug-likeness (QED) is 0.797. The van der Waals surface area contributed by atoms with Gasteiger partial charge in [0.15, 0.2) is 0 Å². The standard InChI is InChI=1S/C11H13BrN2O5S/c1-13(3-7-2-8(12)20-6-7)11(19)14(4-9(15)16)5-10(17)18/h2,6H,3-5H2,1H3,(H,15,16)(H,17,18). The second-order valence-electron chi connectivity index (χ2n) is 4.04. The number of hydrogen-bond acceptors (Lipinski definition) is 4. The van der Waals surface area contributed by atoms with Crippen molar-refractivity contribution in [2.45, 2.75) is 6.54 Å². The number of carbonyl (C=O) groups excluding carboxylic acids is 1. The van der Waals surface area contributed by atoms with Crippen molar-refractivity contribution in [1.82, 2.24) is 9.80 Å². The average Bonchev–Trinajstić information content (AvgIpc) is 2.71. The van der Waals surface area contributed by atoms with Crippen LogP contribution in [0.4, 0.5) is 4.79 Å². The molecule has 1 aromatic rings. The third-order valence-corrected chi connectivity index (χ3v) is 3.84. The van der Waals surface area contributed by atoms with Crippen molar-refractivity contribution >= 4 is 45.2 Å². The number of amides is 2. The van der Waals surface area contributed by atoms with Gasteiger partial charge in [-0.1, -0.05) is 0 Å². The van der Waals surface area contributed by atoms with E-state index >= 15 is 0 Å². The van der Waals surface area contributed by atoms with Gasteiger partial charge in [-0.3, -0.25) is 9.59 Å².